The summed E-state index contributed by atoms with van der Waals surface area (Å²) in [6, 6.07) is 7.94. The Morgan fingerprint density at radius 1 is 1.15 bits per heavy atom. The lowest BCUT2D eigenvalue weighted by molar-refractivity contribution is -0.275. The summed E-state index contributed by atoms with van der Waals surface area (Å²) >= 11 is 11.8. The summed E-state index contributed by atoms with van der Waals surface area (Å²) in [6.45, 7) is 1.59. The van der Waals surface area contributed by atoms with Crippen LogP contribution in [-0.4, -0.2) is 28.7 Å². The molecule has 0 spiro atoms. The number of nitrogens with two attached hydrogens (primary N) is 1. The molecule has 2 N–H and O–H groups in total. The van der Waals surface area contributed by atoms with Gasteiger partial charge in [0.25, 0.3) is 11.5 Å². The van der Waals surface area contributed by atoms with E-state index >= 15 is 0 Å². The first-order chi connectivity index (χ1) is 15.4. The van der Waals surface area contributed by atoms with E-state index in [9.17, 15) is 22.8 Å². The maximum Gasteiger partial charge on any atom is 0.435 e. The number of benzene rings is 2. The minimum Gasteiger partial charge on any atom is -0.374 e. The van der Waals surface area contributed by atoms with Crippen LogP contribution < -0.4 is 5.84 Å². The van der Waals surface area contributed by atoms with Crippen LogP contribution in [0.5, 0.6) is 0 Å². The molecule has 0 aromatic heterocycles. The van der Waals surface area contributed by atoms with E-state index in [2.05, 4.69) is 5.16 Å². The number of carbonyl (C=O) groups excluding carboxylic acids is 2. The Kier molecular flexibility index (Phi) is 5.92. The van der Waals surface area contributed by atoms with E-state index < -0.39 is 30.0 Å². The standard InChI is InChI=1S/C22H18Cl2F3N3O3/c1-11-6-13(4-5-17(11)20(32)30(28)19(31)12-2-3-12)18-10-21(33-29-18,22(25,26)27)14-7-15(23)9-16(24)8-14/h4-9,12H,2-3,10,28H2,1H3. The molecule has 11 heteroatoms. The van der Waals surface area contributed by atoms with Crippen LogP contribution in [0.25, 0.3) is 0 Å². The third-order valence-corrected chi connectivity index (χ3v) is 6.12. The summed E-state index contributed by atoms with van der Waals surface area (Å²) in [5.74, 6) is 4.31. The third kappa shape index (κ3) is 4.32. The molecule has 1 aliphatic carbocycles. The van der Waals surface area contributed by atoms with Crippen molar-refractivity contribution < 1.29 is 27.6 Å². The van der Waals surface area contributed by atoms with Crippen LogP contribution in [0, 0.1) is 12.8 Å². The van der Waals surface area contributed by atoms with Crippen LogP contribution in [0.3, 0.4) is 0 Å². The van der Waals surface area contributed by atoms with Crippen molar-refractivity contribution >= 4 is 40.7 Å². The van der Waals surface area contributed by atoms with Crippen molar-refractivity contribution in [3.63, 3.8) is 0 Å². The molecule has 0 radical (unpaired) electrons. The van der Waals surface area contributed by atoms with Crippen LogP contribution in [-0.2, 0) is 15.2 Å². The van der Waals surface area contributed by atoms with Crippen molar-refractivity contribution in [3.8, 4) is 0 Å². The molecule has 2 amide bonds. The maximum atomic E-state index is 14.2. The average Bonchev–Trinajstić information content (AvgIpc) is 3.47. The second-order valence-electron chi connectivity index (χ2n) is 8.11. The van der Waals surface area contributed by atoms with Crippen molar-refractivity contribution in [3.05, 3.63) is 68.7 Å². The Balaban J connectivity index is 1.62. The molecule has 4 rings (SSSR count). The SMILES string of the molecule is Cc1cc(C2=NOC(c3cc(Cl)cc(Cl)c3)(C(F)(F)F)C2)ccc1C(=O)N(N)C(=O)C1CC1. The molecule has 33 heavy (non-hydrogen) atoms. The van der Waals surface area contributed by atoms with Gasteiger partial charge in [-0.3, -0.25) is 9.59 Å². The normalized spacial score (nSPS) is 20.3. The van der Waals surface area contributed by atoms with E-state index in [1.807, 2.05) is 0 Å². The van der Waals surface area contributed by atoms with Crippen molar-refractivity contribution in [2.24, 2.45) is 16.9 Å². The van der Waals surface area contributed by atoms with E-state index in [0.717, 1.165) is 12.1 Å². The van der Waals surface area contributed by atoms with Crippen molar-refractivity contribution in [2.75, 3.05) is 0 Å². The zero-order valence-electron chi connectivity index (χ0n) is 17.2. The summed E-state index contributed by atoms with van der Waals surface area (Å²) < 4.78 is 42.5. The molecule has 1 atom stereocenters. The molecule has 1 unspecified atom stereocenters. The number of imide groups is 1. The number of halogens is 5. The van der Waals surface area contributed by atoms with E-state index in [1.165, 1.54) is 24.3 Å². The molecule has 1 heterocycles. The van der Waals surface area contributed by atoms with Gasteiger partial charge in [-0.25, -0.2) is 10.9 Å². The largest absolute Gasteiger partial charge is 0.435 e. The van der Waals surface area contributed by atoms with E-state index in [0.29, 0.717) is 29.0 Å². The average molecular weight is 500 g/mol. The number of alkyl halides is 3. The third-order valence-electron chi connectivity index (χ3n) is 5.69. The topological polar surface area (TPSA) is 85.0 Å². The highest BCUT2D eigenvalue weighted by Crippen LogP contribution is 2.49. The van der Waals surface area contributed by atoms with Gasteiger partial charge in [0.1, 0.15) is 0 Å². The number of amides is 2. The Morgan fingerprint density at radius 3 is 2.33 bits per heavy atom. The number of aryl methyl sites for hydroxylation is 1. The Hall–Kier alpha value is -2.62. The predicted molar refractivity (Wildman–Crippen MR) is 116 cm³/mol. The highest BCUT2D eigenvalue weighted by molar-refractivity contribution is 6.34. The summed E-state index contributed by atoms with van der Waals surface area (Å²) in [5, 5.41) is 4.36. The molecule has 1 fully saturated rings. The molecule has 0 saturated heterocycles. The van der Waals surface area contributed by atoms with Crippen LogP contribution in [0.1, 0.15) is 46.3 Å². The number of hydrogen-bond acceptors (Lipinski definition) is 5. The highest BCUT2D eigenvalue weighted by atomic mass is 35.5. The van der Waals surface area contributed by atoms with E-state index in [4.69, 9.17) is 33.9 Å². The van der Waals surface area contributed by atoms with Gasteiger partial charge in [-0.1, -0.05) is 34.4 Å². The number of rotatable bonds is 4. The zero-order chi connectivity index (χ0) is 24.1. The van der Waals surface area contributed by atoms with Crippen molar-refractivity contribution in [1.82, 2.24) is 5.01 Å². The van der Waals surface area contributed by atoms with Crippen LogP contribution in [0.15, 0.2) is 41.6 Å². The number of hydrogen-bond donors (Lipinski definition) is 1. The van der Waals surface area contributed by atoms with E-state index in [-0.39, 0.29) is 32.8 Å². The first-order valence-electron chi connectivity index (χ1n) is 9.95. The number of nitrogens with zero attached hydrogens (tertiary/aromatic N) is 2. The Labute approximate surface area is 197 Å². The van der Waals surface area contributed by atoms with E-state index in [1.54, 1.807) is 6.92 Å². The first-order valence-corrected chi connectivity index (χ1v) is 10.7. The fraction of sp³-hybridized carbons (Fsp3) is 0.318. The Bertz CT molecular complexity index is 1160. The minimum atomic E-state index is -4.82. The fourth-order valence-corrected chi connectivity index (χ4v) is 4.21. The van der Waals surface area contributed by atoms with Crippen LogP contribution in [0.2, 0.25) is 10.0 Å². The van der Waals surface area contributed by atoms with Gasteiger partial charge in [0.15, 0.2) is 0 Å². The van der Waals surface area contributed by atoms with Gasteiger partial charge in [0, 0.05) is 33.5 Å². The van der Waals surface area contributed by atoms with Crippen LogP contribution in [0.4, 0.5) is 13.2 Å². The molecule has 1 aliphatic heterocycles. The first kappa shape index (κ1) is 23.5. The molecule has 0 bridgehead atoms. The van der Waals surface area contributed by atoms with Gasteiger partial charge in [0.05, 0.1) is 5.71 Å². The summed E-state index contributed by atoms with van der Waals surface area (Å²) in [6.07, 6.45) is -4.06. The number of carbonyl (C=O) groups is 2. The van der Waals surface area contributed by atoms with Crippen molar-refractivity contribution in [2.45, 2.75) is 38.0 Å². The van der Waals surface area contributed by atoms with Gasteiger partial charge in [0.2, 0.25) is 5.91 Å². The number of hydrazine groups is 1. The second kappa shape index (κ2) is 8.30. The minimum absolute atomic E-state index is 0.0315. The van der Waals surface area contributed by atoms with Gasteiger partial charge < -0.3 is 4.84 Å². The predicted octanol–water partition coefficient (Wildman–Crippen LogP) is 5.14. The van der Waals surface area contributed by atoms with Gasteiger partial charge in [-0.2, -0.15) is 13.2 Å². The molecule has 2 aliphatic rings. The molecule has 174 valence electrons. The Morgan fingerprint density at radius 2 is 1.79 bits per heavy atom. The molecular formula is C22H18Cl2F3N3O3. The highest BCUT2D eigenvalue weighted by Gasteiger charge is 2.62. The lowest BCUT2D eigenvalue weighted by Crippen LogP contribution is -2.43. The maximum absolute atomic E-state index is 14.2. The van der Waals surface area contributed by atoms with Crippen LogP contribution >= 0.6 is 23.2 Å². The van der Waals surface area contributed by atoms with Gasteiger partial charge in [-0.15, -0.1) is 0 Å². The summed E-state index contributed by atoms with van der Waals surface area (Å²) in [7, 11) is 0. The molecule has 2 aromatic rings. The molecule has 1 saturated carbocycles. The molecule has 2 aromatic carbocycles. The van der Waals surface area contributed by atoms with Crippen molar-refractivity contribution in [1.29, 1.82) is 0 Å². The summed E-state index contributed by atoms with van der Waals surface area (Å²) in [5.41, 5.74) is -2.07. The quantitative estimate of drug-likeness (QED) is 0.273. The lowest BCUT2D eigenvalue weighted by atomic mass is 9.86. The van der Waals surface area contributed by atoms with Gasteiger partial charge >= 0.3 is 6.18 Å². The number of oxime groups is 1. The lowest BCUT2D eigenvalue weighted by Gasteiger charge is -2.29. The summed E-state index contributed by atoms with van der Waals surface area (Å²) in [4.78, 5) is 29.7. The fourth-order valence-electron chi connectivity index (χ4n) is 3.69. The second-order valence-corrected chi connectivity index (χ2v) is 8.98. The molecule has 6 nitrogen and oxygen atoms in total. The van der Waals surface area contributed by atoms with Gasteiger partial charge in [-0.05, 0) is 61.2 Å². The smallest absolute Gasteiger partial charge is 0.374 e. The molecular weight excluding hydrogens is 482 g/mol. The zero-order valence-corrected chi connectivity index (χ0v) is 18.8. The monoisotopic (exact) mass is 499 g/mol.